The molecule has 1 N–H and O–H groups in total. The molecular formula is C22H30N2O2. The number of hydrogen-bond acceptors (Lipinski definition) is 3. The van der Waals surface area contributed by atoms with Gasteiger partial charge in [0.2, 0.25) is 5.91 Å². The van der Waals surface area contributed by atoms with Gasteiger partial charge in [0.1, 0.15) is 0 Å². The lowest BCUT2D eigenvalue weighted by molar-refractivity contribution is -0.126. The van der Waals surface area contributed by atoms with Gasteiger partial charge in [-0.05, 0) is 49.1 Å². The van der Waals surface area contributed by atoms with Gasteiger partial charge in [0, 0.05) is 32.8 Å². The summed E-state index contributed by atoms with van der Waals surface area (Å²) in [6.07, 6.45) is 2.96. The number of hydrogen-bond donors (Lipinski definition) is 1. The maximum Gasteiger partial charge on any atom is 0.224 e. The highest BCUT2D eigenvalue weighted by Crippen LogP contribution is 2.23. The fourth-order valence-electron chi connectivity index (χ4n) is 3.76. The fraction of sp³-hybridized carbons (Fsp3) is 0.500. The molecule has 1 heterocycles. The molecule has 1 amide bonds. The molecule has 3 rings (SSSR count). The Morgan fingerprint density at radius 1 is 1.23 bits per heavy atom. The van der Waals surface area contributed by atoms with Crippen LogP contribution in [0, 0.1) is 5.92 Å². The number of rotatable bonds is 8. The number of carbonyl (C=O) groups is 1. The molecule has 0 radical (unpaired) electrons. The first kappa shape index (κ1) is 18.9. The Balaban J connectivity index is 1.54. The highest BCUT2D eigenvalue weighted by Gasteiger charge is 2.25. The van der Waals surface area contributed by atoms with Crippen molar-refractivity contribution in [1.82, 2.24) is 10.2 Å². The van der Waals surface area contributed by atoms with E-state index in [4.69, 9.17) is 4.74 Å². The van der Waals surface area contributed by atoms with Crippen LogP contribution in [-0.2, 0) is 16.1 Å². The Morgan fingerprint density at radius 2 is 2.08 bits per heavy atom. The van der Waals surface area contributed by atoms with Crippen molar-refractivity contribution in [3.8, 4) is 0 Å². The Kier molecular flexibility index (Phi) is 7.04. The number of nitrogens with zero attached hydrogens (tertiary/aromatic N) is 1. The van der Waals surface area contributed by atoms with E-state index in [1.54, 1.807) is 0 Å². The van der Waals surface area contributed by atoms with Gasteiger partial charge in [-0.1, -0.05) is 42.5 Å². The zero-order chi connectivity index (χ0) is 18.2. The quantitative estimate of drug-likeness (QED) is 0.737. The van der Waals surface area contributed by atoms with Gasteiger partial charge in [0.05, 0.1) is 5.92 Å². The highest BCUT2D eigenvalue weighted by atomic mass is 16.5. The number of piperidine rings is 1. The molecule has 1 unspecified atom stereocenters. The van der Waals surface area contributed by atoms with E-state index in [0.29, 0.717) is 13.2 Å². The number of amides is 1. The van der Waals surface area contributed by atoms with Gasteiger partial charge >= 0.3 is 0 Å². The van der Waals surface area contributed by atoms with Crippen molar-refractivity contribution in [1.29, 1.82) is 0 Å². The summed E-state index contributed by atoms with van der Waals surface area (Å²) in [6.45, 7) is 6.98. The molecule has 1 fully saturated rings. The molecule has 0 aromatic heterocycles. The third-order valence-corrected chi connectivity index (χ3v) is 5.12. The minimum absolute atomic E-state index is 0.103. The first-order valence-electron chi connectivity index (χ1n) is 9.82. The van der Waals surface area contributed by atoms with Gasteiger partial charge in [0.15, 0.2) is 0 Å². The van der Waals surface area contributed by atoms with Crippen molar-refractivity contribution < 1.29 is 9.53 Å². The molecule has 0 saturated carbocycles. The predicted octanol–water partition coefficient (Wildman–Crippen LogP) is 3.59. The monoisotopic (exact) mass is 354 g/mol. The average Bonchev–Trinajstić information content (AvgIpc) is 2.68. The second-order valence-electron chi connectivity index (χ2n) is 7.05. The largest absolute Gasteiger partial charge is 0.382 e. The van der Waals surface area contributed by atoms with Gasteiger partial charge in [-0.25, -0.2) is 0 Å². The van der Waals surface area contributed by atoms with Crippen molar-refractivity contribution >= 4 is 16.7 Å². The Labute approximate surface area is 156 Å². The molecule has 4 heteroatoms. The minimum atomic E-state index is 0.103. The summed E-state index contributed by atoms with van der Waals surface area (Å²) < 4.78 is 5.32. The van der Waals surface area contributed by atoms with Crippen molar-refractivity contribution in [2.24, 2.45) is 5.92 Å². The van der Waals surface area contributed by atoms with E-state index in [9.17, 15) is 4.79 Å². The molecule has 1 atom stereocenters. The summed E-state index contributed by atoms with van der Waals surface area (Å²) in [5.74, 6) is 0.301. The zero-order valence-electron chi connectivity index (χ0n) is 15.7. The van der Waals surface area contributed by atoms with Crippen molar-refractivity contribution in [2.75, 3.05) is 32.8 Å². The summed E-state index contributed by atoms with van der Waals surface area (Å²) in [4.78, 5) is 14.9. The summed E-state index contributed by atoms with van der Waals surface area (Å²) in [6, 6.07) is 15.0. The van der Waals surface area contributed by atoms with E-state index < -0.39 is 0 Å². The maximum atomic E-state index is 12.5. The molecule has 1 saturated heterocycles. The molecule has 1 aliphatic heterocycles. The molecule has 140 valence electrons. The lowest BCUT2D eigenvalue weighted by Crippen LogP contribution is -2.43. The summed E-state index contributed by atoms with van der Waals surface area (Å²) in [5, 5.41) is 5.68. The van der Waals surface area contributed by atoms with E-state index in [2.05, 4.69) is 52.7 Å². The van der Waals surface area contributed by atoms with Crippen molar-refractivity contribution in [3.63, 3.8) is 0 Å². The first-order valence-corrected chi connectivity index (χ1v) is 9.82. The van der Waals surface area contributed by atoms with Crippen molar-refractivity contribution in [2.45, 2.75) is 32.7 Å². The molecule has 26 heavy (non-hydrogen) atoms. The predicted molar refractivity (Wildman–Crippen MR) is 106 cm³/mol. The first-order chi connectivity index (χ1) is 12.8. The van der Waals surface area contributed by atoms with Gasteiger partial charge in [-0.15, -0.1) is 0 Å². The Hall–Kier alpha value is -1.91. The molecule has 2 aromatic carbocycles. The highest BCUT2D eigenvalue weighted by molar-refractivity contribution is 5.85. The minimum Gasteiger partial charge on any atom is -0.382 e. The zero-order valence-corrected chi connectivity index (χ0v) is 15.7. The molecule has 4 nitrogen and oxygen atoms in total. The van der Waals surface area contributed by atoms with Gasteiger partial charge in [-0.2, -0.15) is 0 Å². The van der Waals surface area contributed by atoms with Gasteiger partial charge < -0.3 is 10.1 Å². The topological polar surface area (TPSA) is 41.6 Å². The molecular weight excluding hydrogens is 324 g/mol. The normalized spacial score (nSPS) is 18.1. The van der Waals surface area contributed by atoms with Crippen LogP contribution in [0.4, 0.5) is 0 Å². The van der Waals surface area contributed by atoms with Crippen LogP contribution in [0.3, 0.4) is 0 Å². The van der Waals surface area contributed by atoms with Crippen LogP contribution in [0.5, 0.6) is 0 Å². The maximum absolute atomic E-state index is 12.5. The van der Waals surface area contributed by atoms with Crippen LogP contribution in [0.25, 0.3) is 10.8 Å². The lowest BCUT2D eigenvalue weighted by Gasteiger charge is -2.32. The van der Waals surface area contributed by atoms with E-state index >= 15 is 0 Å². The smallest absolute Gasteiger partial charge is 0.224 e. The third-order valence-electron chi connectivity index (χ3n) is 5.12. The van der Waals surface area contributed by atoms with Crippen LogP contribution in [0.2, 0.25) is 0 Å². The van der Waals surface area contributed by atoms with E-state index in [1.807, 2.05) is 6.92 Å². The van der Waals surface area contributed by atoms with E-state index in [0.717, 1.165) is 45.5 Å². The van der Waals surface area contributed by atoms with Crippen LogP contribution in [-0.4, -0.2) is 43.7 Å². The average molecular weight is 354 g/mol. The Bertz CT molecular complexity index is 711. The molecule has 2 aromatic rings. The van der Waals surface area contributed by atoms with Gasteiger partial charge in [-0.3, -0.25) is 9.69 Å². The molecule has 0 spiro atoms. The summed E-state index contributed by atoms with van der Waals surface area (Å²) in [7, 11) is 0. The second-order valence-corrected chi connectivity index (χ2v) is 7.05. The third kappa shape index (κ3) is 5.05. The number of carbonyl (C=O) groups excluding carboxylic acids is 1. The van der Waals surface area contributed by atoms with Crippen LogP contribution < -0.4 is 5.32 Å². The lowest BCUT2D eigenvalue weighted by atomic mass is 9.96. The van der Waals surface area contributed by atoms with E-state index in [1.165, 1.54) is 16.3 Å². The summed E-state index contributed by atoms with van der Waals surface area (Å²) >= 11 is 0. The number of benzene rings is 2. The standard InChI is InChI=1S/C22H30N2O2/c1-2-26-15-7-13-23-22(25)20-11-6-14-24(17-20)16-19-10-5-9-18-8-3-4-12-21(18)19/h3-5,8-10,12,20H,2,6-7,11,13-17H2,1H3,(H,23,25). The fourth-order valence-corrected chi connectivity index (χ4v) is 3.76. The Morgan fingerprint density at radius 3 is 2.96 bits per heavy atom. The number of ether oxygens (including phenoxy) is 1. The van der Waals surface area contributed by atoms with E-state index in [-0.39, 0.29) is 11.8 Å². The number of fused-ring (bicyclic) bond motifs is 1. The van der Waals surface area contributed by atoms with Crippen molar-refractivity contribution in [3.05, 3.63) is 48.0 Å². The summed E-state index contributed by atoms with van der Waals surface area (Å²) in [5.41, 5.74) is 1.35. The molecule has 0 bridgehead atoms. The second kappa shape index (κ2) is 9.70. The van der Waals surface area contributed by atoms with Crippen LogP contribution >= 0.6 is 0 Å². The molecule has 1 aliphatic rings. The SMILES string of the molecule is CCOCCCNC(=O)C1CCCN(Cc2cccc3ccccc23)C1. The number of nitrogens with one attached hydrogen (secondary N) is 1. The van der Waals surface area contributed by atoms with Gasteiger partial charge in [0.25, 0.3) is 0 Å². The van der Waals surface area contributed by atoms with Crippen LogP contribution in [0.1, 0.15) is 31.7 Å². The molecule has 0 aliphatic carbocycles. The van der Waals surface area contributed by atoms with Crippen LogP contribution in [0.15, 0.2) is 42.5 Å². The number of likely N-dealkylation sites (tertiary alicyclic amines) is 1.